The van der Waals surface area contributed by atoms with Crippen molar-refractivity contribution in [1.29, 1.82) is 0 Å². The van der Waals surface area contributed by atoms with Gasteiger partial charge in [0.05, 0.1) is 0 Å². The number of carbonyl (C=O) groups excluding carboxylic acids is 1. The van der Waals surface area contributed by atoms with Gasteiger partial charge in [-0.2, -0.15) is 0 Å². The second-order valence-corrected chi connectivity index (χ2v) is 7.38. The largest absolute Gasteiger partial charge is 0.484 e. The summed E-state index contributed by atoms with van der Waals surface area (Å²) in [5.74, 6) is 1.87. The molecule has 1 unspecified atom stereocenters. The minimum Gasteiger partial charge on any atom is -0.484 e. The highest BCUT2D eigenvalue weighted by atomic mass is 16.5. The van der Waals surface area contributed by atoms with Crippen molar-refractivity contribution in [2.45, 2.75) is 19.3 Å². The van der Waals surface area contributed by atoms with E-state index in [4.69, 9.17) is 4.74 Å². The molecule has 2 aliphatic rings. The molecule has 1 amide bonds. The van der Waals surface area contributed by atoms with Crippen molar-refractivity contribution in [2.75, 3.05) is 37.7 Å². The number of ether oxygens (including phenoxy) is 1. The molecule has 136 valence electrons. The molecular weight excluding hydrogens is 326 g/mol. The van der Waals surface area contributed by atoms with Crippen molar-refractivity contribution in [3.8, 4) is 5.75 Å². The summed E-state index contributed by atoms with van der Waals surface area (Å²) in [5.41, 5.74) is 0.193. The van der Waals surface area contributed by atoms with Gasteiger partial charge in [0, 0.05) is 37.8 Å². The zero-order chi connectivity index (χ0) is 17.8. The average Bonchev–Trinajstić information content (AvgIpc) is 3.11. The molecule has 4 rings (SSSR count). The number of benzene rings is 1. The number of rotatable bonds is 4. The first-order valence-electron chi connectivity index (χ1n) is 9.36. The van der Waals surface area contributed by atoms with Crippen molar-refractivity contribution >= 4 is 11.7 Å². The van der Waals surface area contributed by atoms with Crippen LogP contribution in [-0.4, -0.2) is 48.6 Å². The summed E-state index contributed by atoms with van der Waals surface area (Å²) >= 11 is 0. The van der Waals surface area contributed by atoms with E-state index in [-0.39, 0.29) is 17.9 Å². The smallest absolute Gasteiger partial charge is 0.260 e. The average molecular weight is 351 g/mol. The number of nitrogens with zero attached hydrogens (tertiary/aromatic N) is 3. The molecule has 1 aromatic carbocycles. The summed E-state index contributed by atoms with van der Waals surface area (Å²) in [7, 11) is 0. The molecule has 1 atom stereocenters. The van der Waals surface area contributed by atoms with Gasteiger partial charge in [0.2, 0.25) is 0 Å². The van der Waals surface area contributed by atoms with Gasteiger partial charge in [-0.3, -0.25) is 4.79 Å². The molecule has 0 aliphatic carbocycles. The molecule has 5 heteroatoms. The van der Waals surface area contributed by atoms with E-state index < -0.39 is 0 Å². The summed E-state index contributed by atoms with van der Waals surface area (Å²) in [4.78, 5) is 21.4. The summed E-state index contributed by atoms with van der Waals surface area (Å²) in [5, 5.41) is 0. The van der Waals surface area contributed by atoms with Crippen LogP contribution in [0.1, 0.15) is 19.3 Å². The van der Waals surface area contributed by atoms with E-state index in [1.54, 1.807) is 0 Å². The molecule has 5 nitrogen and oxygen atoms in total. The van der Waals surface area contributed by atoms with E-state index in [9.17, 15) is 4.79 Å². The molecule has 2 fully saturated rings. The normalized spacial score (nSPS) is 22.6. The van der Waals surface area contributed by atoms with Gasteiger partial charge in [-0.1, -0.05) is 24.3 Å². The monoisotopic (exact) mass is 351 g/mol. The summed E-state index contributed by atoms with van der Waals surface area (Å²) < 4.78 is 5.63. The van der Waals surface area contributed by atoms with E-state index in [2.05, 4.69) is 16.0 Å². The van der Waals surface area contributed by atoms with E-state index in [1.165, 1.54) is 6.42 Å². The standard InChI is InChI=1S/C21H25N3O2/c25-20(15-26-18-7-2-1-3-8-18)24-14-11-21(17-24)10-6-13-23(16-21)19-9-4-5-12-22-19/h1-5,7-9,12H,6,10-11,13-17H2. The molecule has 26 heavy (non-hydrogen) atoms. The number of hydrogen-bond acceptors (Lipinski definition) is 4. The molecule has 2 aliphatic heterocycles. The molecule has 0 bridgehead atoms. The topological polar surface area (TPSA) is 45.7 Å². The van der Waals surface area contributed by atoms with Gasteiger partial charge < -0.3 is 14.5 Å². The van der Waals surface area contributed by atoms with Crippen LogP contribution in [0.5, 0.6) is 5.75 Å². The molecule has 0 saturated carbocycles. The molecule has 1 aromatic heterocycles. The Bertz CT molecular complexity index is 737. The van der Waals surface area contributed by atoms with Gasteiger partial charge in [0.15, 0.2) is 6.61 Å². The van der Waals surface area contributed by atoms with Gasteiger partial charge in [0.1, 0.15) is 11.6 Å². The maximum absolute atomic E-state index is 12.6. The van der Waals surface area contributed by atoms with Crippen LogP contribution in [-0.2, 0) is 4.79 Å². The number of hydrogen-bond donors (Lipinski definition) is 0. The van der Waals surface area contributed by atoms with Gasteiger partial charge in [0.25, 0.3) is 5.91 Å². The van der Waals surface area contributed by atoms with E-state index in [0.29, 0.717) is 0 Å². The van der Waals surface area contributed by atoms with E-state index >= 15 is 0 Å². The molecule has 0 N–H and O–H groups in total. The van der Waals surface area contributed by atoms with Crippen molar-refractivity contribution in [3.05, 3.63) is 54.7 Å². The zero-order valence-electron chi connectivity index (χ0n) is 15.0. The number of likely N-dealkylation sites (tertiary alicyclic amines) is 1. The predicted octanol–water partition coefficient (Wildman–Crippen LogP) is 2.98. The molecule has 1 spiro atoms. The number of aromatic nitrogens is 1. The second-order valence-electron chi connectivity index (χ2n) is 7.38. The maximum atomic E-state index is 12.6. The Kier molecular flexibility index (Phi) is 4.78. The molecule has 3 heterocycles. The number of carbonyl (C=O) groups is 1. The van der Waals surface area contributed by atoms with E-state index in [1.807, 2.05) is 53.6 Å². The highest BCUT2D eigenvalue weighted by Gasteiger charge is 2.43. The Labute approximate surface area is 154 Å². The number of piperidine rings is 1. The first kappa shape index (κ1) is 16.9. The number of anilines is 1. The van der Waals surface area contributed by atoms with Crippen molar-refractivity contribution in [2.24, 2.45) is 5.41 Å². The Morgan fingerprint density at radius 2 is 1.88 bits per heavy atom. The number of pyridine rings is 1. The number of amides is 1. The highest BCUT2D eigenvalue weighted by Crippen LogP contribution is 2.40. The SMILES string of the molecule is O=C(COc1ccccc1)N1CCC2(CCCN(c3ccccn3)C2)C1. The van der Waals surface area contributed by atoms with Crippen LogP contribution in [0.3, 0.4) is 0 Å². The van der Waals surface area contributed by atoms with Gasteiger partial charge in [-0.15, -0.1) is 0 Å². The van der Waals surface area contributed by atoms with Crippen LogP contribution in [0.2, 0.25) is 0 Å². The lowest BCUT2D eigenvalue weighted by Crippen LogP contribution is -2.46. The van der Waals surface area contributed by atoms with Crippen LogP contribution in [0.4, 0.5) is 5.82 Å². The molecule has 2 saturated heterocycles. The quantitative estimate of drug-likeness (QED) is 0.850. The third kappa shape index (κ3) is 3.66. The van der Waals surface area contributed by atoms with Crippen LogP contribution in [0.25, 0.3) is 0 Å². The molecule has 0 radical (unpaired) electrons. The van der Waals surface area contributed by atoms with Crippen LogP contribution < -0.4 is 9.64 Å². The lowest BCUT2D eigenvalue weighted by molar-refractivity contribution is -0.132. The second kappa shape index (κ2) is 7.36. The third-order valence-corrected chi connectivity index (χ3v) is 5.53. The third-order valence-electron chi connectivity index (χ3n) is 5.53. The minimum atomic E-state index is 0.0840. The Morgan fingerprint density at radius 3 is 2.69 bits per heavy atom. The minimum absolute atomic E-state index is 0.0840. The Hall–Kier alpha value is -2.56. The fraction of sp³-hybridized carbons (Fsp3) is 0.429. The van der Waals surface area contributed by atoms with Crippen LogP contribution in [0.15, 0.2) is 54.7 Å². The fourth-order valence-corrected chi connectivity index (χ4v) is 4.18. The Morgan fingerprint density at radius 1 is 1.04 bits per heavy atom. The van der Waals surface area contributed by atoms with Crippen molar-refractivity contribution in [3.63, 3.8) is 0 Å². The lowest BCUT2D eigenvalue weighted by Gasteiger charge is -2.41. The highest BCUT2D eigenvalue weighted by molar-refractivity contribution is 5.78. The van der Waals surface area contributed by atoms with Gasteiger partial charge >= 0.3 is 0 Å². The molecule has 2 aromatic rings. The van der Waals surface area contributed by atoms with E-state index in [0.717, 1.165) is 50.6 Å². The van der Waals surface area contributed by atoms with Crippen molar-refractivity contribution < 1.29 is 9.53 Å². The molecular formula is C21H25N3O2. The summed E-state index contributed by atoms with van der Waals surface area (Å²) in [6.45, 7) is 3.79. The van der Waals surface area contributed by atoms with Crippen LogP contribution in [0, 0.1) is 5.41 Å². The zero-order valence-corrected chi connectivity index (χ0v) is 15.0. The van der Waals surface area contributed by atoms with Gasteiger partial charge in [-0.05, 0) is 43.5 Å². The Balaban J connectivity index is 1.35. The van der Waals surface area contributed by atoms with Crippen molar-refractivity contribution in [1.82, 2.24) is 9.88 Å². The first-order chi connectivity index (χ1) is 12.7. The lowest BCUT2D eigenvalue weighted by atomic mass is 9.79. The maximum Gasteiger partial charge on any atom is 0.260 e. The van der Waals surface area contributed by atoms with Crippen LogP contribution >= 0.6 is 0 Å². The predicted molar refractivity (Wildman–Crippen MR) is 101 cm³/mol. The number of para-hydroxylation sites is 1. The summed E-state index contributed by atoms with van der Waals surface area (Å²) in [6, 6.07) is 15.6. The fourth-order valence-electron chi connectivity index (χ4n) is 4.18. The summed E-state index contributed by atoms with van der Waals surface area (Å²) in [6.07, 6.45) is 5.24. The first-order valence-corrected chi connectivity index (χ1v) is 9.36. The van der Waals surface area contributed by atoms with Gasteiger partial charge in [-0.25, -0.2) is 4.98 Å².